The van der Waals surface area contributed by atoms with E-state index < -0.39 is 6.10 Å². The lowest BCUT2D eigenvalue weighted by Crippen LogP contribution is -2.46. The highest BCUT2D eigenvalue weighted by atomic mass is 16.5. The van der Waals surface area contributed by atoms with Gasteiger partial charge in [-0.15, -0.1) is 0 Å². The van der Waals surface area contributed by atoms with Crippen LogP contribution in [0.15, 0.2) is 66.9 Å². The molecule has 1 aliphatic rings. The number of nitrogens with one attached hydrogen (secondary N) is 2. The molecule has 1 aromatic heterocycles. The second-order valence-corrected chi connectivity index (χ2v) is 10.2. The van der Waals surface area contributed by atoms with Gasteiger partial charge in [0.1, 0.15) is 24.2 Å². The number of β-amino-alcohol motifs (C(OH)–C–C–N with tert-alkyl or cyclic N) is 1. The molecule has 34 heavy (non-hydrogen) atoms. The Morgan fingerprint density at radius 1 is 1.09 bits per heavy atom. The van der Waals surface area contributed by atoms with Gasteiger partial charge in [-0.1, -0.05) is 38.1 Å². The van der Waals surface area contributed by atoms with E-state index in [1.54, 1.807) is 6.20 Å². The summed E-state index contributed by atoms with van der Waals surface area (Å²) in [5, 5.41) is 17.5. The molecule has 0 aliphatic carbocycles. The van der Waals surface area contributed by atoms with E-state index in [-0.39, 0.29) is 17.6 Å². The van der Waals surface area contributed by atoms with Crippen LogP contribution in [0.4, 0.5) is 5.69 Å². The smallest absolute Gasteiger partial charge is 0.219 e. The van der Waals surface area contributed by atoms with Crippen LogP contribution in [0.5, 0.6) is 17.4 Å². The van der Waals surface area contributed by atoms with Gasteiger partial charge in [-0.05, 0) is 56.2 Å². The summed E-state index contributed by atoms with van der Waals surface area (Å²) in [4.78, 5) is 4.19. The zero-order valence-electron chi connectivity index (χ0n) is 20.5. The van der Waals surface area contributed by atoms with Crippen molar-refractivity contribution in [2.75, 3.05) is 25.0 Å². The molecule has 0 saturated heterocycles. The van der Waals surface area contributed by atoms with Gasteiger partial charge < -0.3 is 25.2 Å². The third kappa shape index (κ3) is 6.07. The maximum absolute atomic E-state index is 10.6. The zero-order valence-corrected chi connectivity index (χ0v) is 20.5. The fourth-order valence-electron chi connectivity index (χ4n) is 4.32. The summed E-state index contributed by atoms with van der Waals surface area (Å²) >= 11 is 0. The summed E-state index contributed by atoms with van der Waals surface area (Å²) in [5.41, 5.74) is 3.31. The normalized spacial score (nSPS) is 15.3. The molecule has 0 fully saturated rings. The standard InChI is InChI=1S/C28H35N3O3/c1-27(2)19-30-23-8-7-9-24(26(23)27)33-18-21(32)17-31-28(3,4)16-20-11-13-22(14-12-20)34-25-10-5-6-15-29-25/h5-15,21,30-32H,16-19H2,1-4H3/t21-/m0/s1. The van der Waals surface area contributed by atoms with Crippen molar-refractivity contribution >= 4 is 5.69 Å². The molecule has 1 atom stereocenters. The summed E-state index contributed by atoms with van der Waals surface area (Å²) in [6, 6.07) is 19.7. The molecule has 0 saturated carbocycles. The molecular formula is C28H35N3O3. The van der Waals surface area contributed by atoms with Crippen molar-refractivity contribution in [3.8, 4) is 17.4 Å². The molecule has 0 radical (unpaired) electrons. The number of hydrogen-bond acceptors (Lipinski definition) is 6. The highest BCUT2D eigenvalue weighted by Crippen LogP contribution is 2.42. The summed E-state index contributed by atoms with van der Waals surface area (Å²) < 4.78 is 11.8. The number of fused-ring (bicyclic) bond motifs is 1. The van der Waals surface area contributed by atoms with Gasteiger partial charge in [0.05, 0.1) is 0 Å². The largest absolute Gasteiger partial charge is 0.490 e. The van der Waals surface area contributed by atoms with Crippen molar-refractivity contribution < 1.29 is 14.6 Å². The number of aliphatic hydroxyl groups excluding tert-OH is 1. The average Bonchev–Trinajstić information content (AvgIpc) is 3.13. The van der Waals surface area contributed by atoms with Crippen molar-refractivity contribution in [2.45, 2.75) is 51.2 Å². The van der Waals surface area contributed by atoms with Crippen LogP contribution in [-0.4, -0.2) is 41.4 Å². The monoisotopic (exact) mass is 461 g/mol. The van der Waals surface area contributed by atoms with E-state index in [1.807, 2.05) is 42.5 Å². The van der Waals surface area contributed by atoms with E-state index in [0.717, 1.165) is 30.2 Å². The minimum Gasteiger partial charge on any atom is -0.490 e. The Kier molecular flexibility index (Phi) is 7.10. The number of aromatic nitrogens is 1. The minimum atomic E-state index is -0.609. The first kappa shape index (κ1) is 24.0. The number of aliphatic hydroxyl groups is 1. The predicted octanol–water partition coefficient (Wildman–Crippen LogP) is 4.93. The fraction of sp³-hybridized carbons (Fsp3) is 0.393. The highest BCUT2D eigenvalue weighted by Gasteiger charge is 2.33. The molecule has 0 amide bonds. The lowest BCUT2D eigenvalue weighted by Gasteiger charge is -2.28. The van der Waals surface area contributed by atoms with Crippen LogP contribution in [0.3, 0.4) is 0 Å². The van der Waals surface area contributed by atoms with Crippen LogP contribution in [0.25, 0.3) is 0 Å². The van der Waals surface area contributed by atoms with Crippen LogP contribution in [0.1, 0.15) is 38.8 Å². The molecule has 0 unspecified atom stereocenters. The first-order valence-electron chi connectivity index (χ1n) is 11.8. The van der Waals surface area contributed by atoms with E-state index in [4.69, 9.17) is 9.47 Å². The Balaban J connectivity index is 1.26. The Labute approximate surface area is 202 Å². The zero-order chi connectivity index (χ0) is 24.2. The summed E-state index contributed by atoms with van der Waals surface area (Å²) in [5.74, 6) is 2.18. The molecule has 6 heteroatoms. The Morgan fingerprint density at radius 2 is 1.88 bits per heavy atom. The molecule has 2 heterocycles. The lowest BCUT2D eigenvalue weighted by molar-refractivity contribution is 0.0980. The molecule has 6 nitrogen and oxygen atoms in total. The van der Waals surface area contributed by atoms with Gasteiger partial charge in [0, 0.05) is 47.6 Å². The van der Waals surface area contributed by atoms with E-state index in [0.29, 0.717) is 12.4 Å². The third-order valence-electron chi connectivity index (χ3n) is 6.10. The van der Waals surface area contributed by atoms with Gasteiger partial charge in [0.15, 0.2) is 0 Å². The van der Waals surface area contributed by atoms with Crippen molar-refractivity contribution in [3.63, 3.8) is 0 Å². The van der Waals surface area contributed by atoms with Crippen LogP contribution in [0.2, 0.25) is 0 Å². The Hall–Kier alpha value is -3.09. The second kappa shape index (κ2) is 10.0. The summed E-state index contributed by atoms with van der Waals surface area (Å²) in [7, 11) is 0. The maximum Gasteiger partial charge on any atom is 0.219 e. The van der Waals surface area contributed by atoms with E-state index in [9.17, 15) is 5.11 Å². The molecule has 4 rings (SSSR count). The molecule has 3 aromatic rings. The van der Waals surface area contributed by atoms with E-state index >= 15 is 0 Å². The summed E-state index contributed by atoms with van der Waals surface area (Å²) in [6.45, 7) is 10.3. The molecule has 1 aliphatic heterocycles. The van der Waals surface area contributed by atoms with Crippen LogP contribution >= 0.6 is 0 Å². The van der Waals surface area contributed by atoms with Crippen LogP contribution < -0.4 is 20.1 Å². The SMILES string of the molecule is CC(C)(Cc1ccc(Oc2ccccn2)cc1)NC[C@H](O)COc1cccc2c1C(C)(C)CN2. The van der Waals surface area contributed by atoms with Gasteiger partial charge in [0.25, 0.3) is 0 Å². The van der Waals surface area contributed by atoms with Gasteiger partial charge in [-0.3, -0.25) is 0 Å². The molecule has 3 N–H and O–H groups in total. The predicted molar refractivity (Wildman–Crippen MR) is 136 cm³/mol. The number of rotatable bonds is 10. The summed E-state index contributed by atoms with van der Waals surface area (Å²) in [6.07, 6.45) is 1.92. The topological polar surface area (TPSA) is 75.6 Å². The van der Waals surface area contributed by atoms with Gasteiger partial charge in [-0.25, -0.2) is 4.98 Å². The second-order valence-electron chi connectivity index (χ2n) is 10.2. The number of hydrogen-bond donors (Lipinski definition) is 3. The molecule has 0 bridgehead atoms. The van der Waals surface area contributed by atoms with Crippen molar-refractivity contribution in [1.29, 1.82) is 0 Å². The van der Waals surface area contributed by atoms with Gasteiger partial charge in [-0.2, -0.15) is 0 Å². The number of benzene rings is 2. The number of nitrogens with zero attached hydrogens (tertiary/aromatic N) is 1. The van der Waals surface area contributed by atoms with Crippen LogP contribution in [0, 0.1) is 0 Å². The first-order chi connectivity index (χ1) is 16.2. The Morgan fingerprint density at radius 3 is 2.62 bits per heavy atom. The molecule has 0 spiro atoms. The Bertz CT molecular complexity index is 1080. The highest BCUT2D eigenvalue weighted by molar-refractivity contribution is 5.65. The van der Waals surface area contributed by atoms with E-state index in [1.165, 1.54) is 11.1 Å². The number of pyridine rings is 1. The number of ether oxygens (including phenoxy) is 2. The molecule has 180 valence electrons. The average molecular weight is 462 g/mol. The molecular weight excluding hydrogens is 426 g/mol. The van der Waals surface area contributed by atoms with E-state index in [2.05, 4.69) is 61.5 Å². The quantitative estimate of drug-likeness (QED) is 0.398. The number of anilines is 1. The lowest BCUT2D eigenvalue weighted by atomic mass is 9.86. The van der Waals surface area contributed by atoms with Crippen molar-refractivity contribution in [1.82, 2.24) is 10.3 Å². The van der Waals surface area contributed by atoms with Crippen molar-refractivity contribution in [3.05, 3.63) is 78.0 Å². The maximum atomic E-state index is 10.6. The first-order valence-corrected chi connectivity index (χ1v) is 11.8. The van der Waals surface area contributed by atoms with Gasteiger partial charge >= 0.3 is 0 Å². The minimum absolute atomic E-state index is 0.00924. The fourth-order valence-corrected chi connectivity index (χ4v) is 4.32. The molecule has 2 aromatic carbocycles. The third-order valence-corrected chi connectivity index (χ3v) is 6.10. The van der Waals surface area contributed by atoms with Crippen molar-refractivity contribution in [2.24, 2.45) is 0 Å². The van der Waals surface area contributed by atoms with Crippen LogP contribution in [-0.2, 0) is 11.8 Å². The van der Waals surface area contributed by atoms with Gasteiger partial charge in [0.2, 0.25) is 5.88 Å².